The standard InChI is InChI=1S/C14H20N2O3S/c17-9-8-15-4-6-16(7-5-15)11-13-12(3-10-20-13)1-2-14(18)19/h1-3,10,17H,4-9,11H2,(H,18,19). The molecule has 6 heteroatoms. The zero-order valence-corrected chi connectivity index (χ0v) is 12.2. The highest BCUT2D eigenvalue weighted by Crippen LogP contribution is 2.21. The molecular formula is C14H20N2O3S. The summed E-state index contributed by atoms with van der Waals surface area (Å²) in [5.41, 5.74) is 0.996. The molecule has 1 fully saturated rings. The first-order valence-corrected chi connectivity index (χ1v) is 7.60. The second-order valence-electron chi connectivity index (χ2n) is 4.81. The Labute approximate surface area is 122 Å². The quantitative estimate of drug-likeness (QED) is 0.766. The second kappa shape index (κ2) is 7.54. The minimum absolute atomic E-state index is 0.217. The largest absolute Gasteiger partial charge is 0.478 e. The molecule has 20 heavy (non-hydrogen) atoms. The fraction of sp³-hybridized carbons (Fsp3) is 0.500. The lowest BCUT2D eigenvalue weighted by Gasteiger charge is -2.34. The number of hydrogen-bond acceptors (Lipinski definition) is 5. The minimum Gasteiger partial charge on any atom is -0.478 e. The lowest BCUT2D eigenvalue weighted by molar-refractivity contribution is -0.131. The van der Waals surface area contributed by atoms with Crippen molar-refractivity contribution >= 4 is 23.4 Å². The monoisotopic (exact) mass is 296 g/mol. The lowest BCUT2D eigenvalue weighted by Crippen LogP contribution is -2.46. The molecule has 2 rings (SSSR count). The van der Waals surface area contributed by atoms with Gasteiger partial charge < -0.3 is 10.2 Å². The van der Waals surface area contributed by atoms with Crippen LogP contribution in [-0.4, -0.2) is 65.3 Å². The van der Waals surface area contributed by atoms with Crippen molar-refractivity contribution in [2.45, 2.75) is 6.54 Å². The third-order valence-electron chi connectivity index (χ3n) is 3.43. The summed E-state index contributed by atoms with van der Waals surface area (Å²) < 4.78 is 0. The first-order chi connectivity index (χ1) is 9.69. The van der Waals surface area contributed by atoms with E-state index in [2.05, 4.69) is 9.80 Å². The molecule has 1 aliphatic rings. The van der Waals surface area contributed by atoms with E-state index in [9.17, 15) is 4.79 Å². The van der Waals surface area contributed by atoms with Crippen molar-refractivity contribution in [2.75, 3.05) is 39.3 Å². The summed E-state index contributed by atoms with van der Waals surface area (Å²) >= 11 is 1.67. The van der Waals surface area contributed by atoms with E-state index >= 15 is 0 Å². The van der Waals surface area contributed by atoms with E-state index in [1.807, 2.05) is 11.4 Å². The van der Waals surface area contributed by atoms with Gasteiger partial charge in [0.1, 0.15) is 0 Å². The number of hydrogen-bond donors (Lipinski definition) is 2. The Hall–Kier alpha value is -1.21. The number of aliphatic carboxylic acids is 1. The molecule has 1 saturated heterocycles. The summed E-state index contributed by atoms with van der Waals surface area (Å²) in [5, 5.41) is 19.6. The number of carboxylic acids is 1. The number of thiophene rings is 1. The van der Waals surface area contributed by atoms with Crippen LogP contribution in [0.25, 0.3) is 6.08 Å². The van der Waals surface area contributed by atoms with Gasteiger partial charge in [-0.15, -0.1) is 11.3 Å². The Morgan fingerprint density at radius 3 is 2.65 bits per heavy atom. The molecule has 0 aromatic carbocycles. The van der Waals surface area contributed by atoms with E-state index < -0.39 is 5.97 Å². The number of β-amino-alcohol motifs (C(OH)–C–C–N with tert-alkyl or cyclic N) is 1. The van der Waals surface area contributed by atoms with Gasteiger partial charge in [-0.05, 0) is 23.1 Å². The fourth-order valence-electron chi connectivity index (χ4n) is 2.30. The van der Waals surface area contributed by atoms with Gasteiger partial charge in [-0.2, -0.15) is 0 Å². The van der Waals surface area contributed by atoms with Crippen molar-refractivity contribution in [3.05, 3.63) is 28.0 Å². The van der Waals surface area contributed by atoms with Crippen LogP contribution in [0.1, 0.15) is 10.4 Å². The number of piperazine rings is 1. The van der Waals surface area contributed by atoms with Crippen LogP contribution in [0, 0.1) is 0 Å². The molecule has 0 saturated carbocycles. The van der Waals surface area contributed by atoms with Crippen LogP contribution in [0.15, 0.2) is 17.5 Å². The average Bonchev–Trinajstić information content (AvgIpc) is 2.86. The van der Waals surface area contributed by atoms with Gasteiger partial charge in [0.2, 0.25) is 0 Å². The topological polar surface area (TPSA) is 64.0 Å². The van der Waals surface area contributed by atoms with E-state index in [1.54, 1.807) is 17.4 Å². The number of aliphatic hydroxyl groups is 1. The smallest absolute Gasteiger partial charge is 0.328 e. The molecule has 0 spiro atoms. The first-order valence-electron chi connectivity index (χ1n) is 6.72. The molecule has 0 bridgehead atoms. The van der Waals surface area contributed by atoms with Gasteiger partial charge in [-0.3, -0.25) is 9.80 Å². The number of carboxylic acid groups (broad SMARTS) is 1. The Morgan fingerprint density at radius 2 is 2.00 bits per heavy atom. The van der Waals surface area contributed by atoms with Crippen LogP contribution >= 0.6 is 11.3 Å². The summed E-state index contributed by atoms with van der Waals surface area (Å²) in [4.78, 5) is 16.4. The molecule has 0 amide bonds. The van der Waals surface area contributed by atoms with Crippen LogP contribution in [0.4, 0.5) is 0 Å². The summed E-state index contributed by atoms with van der Waals surface area (Å²) in [6.45, 7) is 5.76. The normalized spacial score (nSPS) is 17.9. The van der Waals surface area contributed by atoms with Gasteiger partial charge >= 0.3 is 5.97 Å². The Bertz CT molecular complexity index is 465. The van der Waals surface area contributed by atoms with Crippen molar-refractivity contribution in [3.63, 3.8) is 0 Å². The van der Waals surface area contributed by atoms with Crippen LogP contribution in [0.3, 0.4) is 0 Å². The van der Waals surface area contributed by atoms with Crippen LogP contribution in [0.2, 0.25) is 0 Å². The number of aliphatic hydroxyl groups excluding tert-OH is 1. The Morgan fingerprint density at radius 1 is 1.30 bits per heavy atom. The lowest BCUT2D eigenvalue weighted by atomic mass is 10.2. The van der Waals surface area contributed by atoms with Crippen LogP contribution in [0.5, 0.6) is 0 Å². The molecule has 1 aromatic rings. The number of rotatable bonds is 6. The van der Waals surface area contributed by atoms with Crippen molar-refractivity contribution in [3.8, 4) is 0 Å². The molecule has 0 aliphatic carbocycles. The maximum Gasteiger partial charge on any atom is 0.328 e. The minimum atomic E-state index is -0.917. The summed E-state index contributed by atoms with van der Waals surface area (Å²) in [6, 6.07) is 1.96. The first kappa shape index (κ1) is 15.2. The highest BCUT2D eigenvalue weighted by molar-refractivity contribution is 7.10. The van der Waals surface area contributed by atoms with Crippen molar-refractivity contribution < 1.29 is 15.0 Å². The Kier molecular flexibility index (Phi) is 5.72. The molecule has 110 valence electrons. The van der Waals surface area contributed by atoms with E-state index in [1.165, 1.54) is 11.0 Å². The molecule has 5 nitrogen and oxygen atoms in total. The van der Waals surface area contributed by atoms with E-state index in [4.69, 9.17) is 10.2 Å². The van der Waals surface area contributed by atoms with Gasteiger partial charge in [-0.1, -0.05) is 0 Å². The number of carbonyl (C=O) groups is 1. The second-order valence-corrected chi connectivity index (χ2v) is 5.81. The third-order valence-corrected chi connectivity index (χ3v) is 4.36. The maximum absolute atomic E-state index is 10.6. The highest BCUT2D eigenvalue weighted by atomic mass is 32.1. The zero-order chi connectivity index (χ0) is 14.4. The number of nitrogens with zero attached hydrogens (tertiary/aromatic N) is 2. The van der Waals surface area contributed by atoms with Gasteiger partial charge in [0.25, 0.3) is 0 Å². The SMILES string of the molecule is O=C(O)C=Cc1ccsc1CN1CCN(CCO)CC1. The molecular weight excluding hydrogens is 276 g/mol. The van der Waals surface area contributed by atoms with Crippen molar-refractivity contribution in [2.24, 2.45) is 0 Å². The third kappa shape index (κ3) is 4.42. The van der Waals surface area contributed by atoms with E-state index in [0.717, 1.165) is 44.8 Å². The molecule has 2 N–H and O–H groups in total. The summed E-state index contributed by atoms with van der Waals surface area (Å²) in [5.74, 6) is -0.917. The van der Waals surface area contributed by atoms with Crippen LogP contribution in [-0.2, 0) is 11.3 Å². The summed E-state index contributed by atoms with van der Waals surface area (Å²) in [7, 11) is 0. The molecule has 0 atom stereocenters. The molecule has 1 aliphatic heterocycles. The van der Waals surface area contributed by atoms with E-state index in [-0.39, 0.29) is 6.61 Å². The van der Waals surface area contributed by atoms with Gasteiger partial charge in [0.05, 0.1) is 6.61 Å². The summed E-state index contributed by atoms with van der Waals surface area (Å²) in [6.07, 6.45) is 2.85. The highest BCUT2D eigenvalue weighted by Gasteiger charge is 2.17. The van der Waals surface area contributed by atoms with Crippen molar-refractivity contribution in [1.29, 1.82) is 0 Å². The Balaban J connectivity index is 1.88. The maximum atomic E-state index is 10.6. The van der Waals surface area contributed by atoms with Crippen LogP contribution < -0.4 is 0 Å². The predicted molar refractivity (Wildman–Crippen MR) is 79.8 cm³/mol. The van der Waals surface area contributed by atoms with E-state index in [0.29, 0.717) is 0 Å². The van der Waals surface area contributed by atoms with Gasteiger partial charge in [0.15, 0.2) is 0 Å². The fourth-order valence-corrected chi connectivity index (χ4v) is 3.21. The van der Waals surface area contributed by atoms with Crippen molar-refractivity contribution in [1.82, 2.24) is 9.80 Å². The predicted octanol–water partition coefficient (Wildman–Crippen LogP) is 0.956. The molecule has 1 aromatic heterocycles. The molecule has 0 radical (unpaired) electrons. The average molecular weight is 296 g/mol. The molecule has 0 unspecified atom stereocenters. The molecule has 2 heterocycles. The van der Waals surface area contributed by atoms with Gasteiger partial charge in [0, 0.05) is 50.2 Å². The van der Waals surface area contributed by atoms with Gasteiger partial charge in [-0.25, -0.2) is 4.79 Å². The zero-order valence-electron chi connectivity index (χ0n) is 11.4.